The third-order valence-electron chi connectivity index (χ3n) is 8.06. The third-order valence-corrected chi connectivity index (χ3v) is 8.06. The third kappa shape index (κ3) is 12.0. The molecule has 5 N–H and O–H groups in total. The summed E-state index contributed by atoms with van der Waals surface area (Å²) in [5, 5.41) is 33.2. The second-order valence-corrected chi connectivity index (χ2v) is 12.1. The number of anilines is 2. The van der Waals surface area contributed by atoms with Crippen molar-refractivity contribution < 1.29 is 48.7 Å². The SMILES string of the molecule is C#COc1ccc(C(=O)O)c(C(=O)Nc2ccc(Cc3ccc(NC(=O)c4cc(OCCOc5ccccc5)ccc4C(=O)O)cc3)cc2)c1.Oc1ccccc1. The molecule has 12 heteroatoms. The summed E-state index contributed by atoms with van der Waals surface area (Å²) in [6, 6.07) is 40.1. The molecule has 12 nitrogen and oxygen atoms in total. The van der Waals surface area contributed by atoms with Gasteiger partial charge >= 0.3 is 11.9 Å². The summed E-state index contributed by atoms with van der Waals surface area (Å²) in [5.41, 5.74) is 2.24. The molecule has 6 aromatic rings. The minimum atomic E-state index is -1.27. The molecule has 6 rings (SSSR count). The highest BCUT2D eigenvalue weighted by molar-refractivity contribution is 6.11. The van der Waals surface area contributed by atoms with Crippen molar-refractivity contribution in [2.45, 2.75) is 6.42 Å². The van der Waals surface area contributed by atoms with Crippen LogP contribution in [-0.2, 0) is 6.42 Å². The first kappa shape index (κ1) is 40.2. The summed E-state index contributed by atoms with van der Waals surface area (Å²) in [6.07, 6.45) is 7.66. The lowest BCUT2D eigenvalue weighted by Crippen LogP contribution is -2.17. The Hall–Kier alpha value is -8.04. The number of phenols is 1. The van der Waals surface area contributed by atoms with Crippen molar-refractivity contribution >= 4 is 35.1 Å². The Morgan fingerprint density at radius 2 is 0.965 bits per heavy atom. The first-order chi connectivity index (χ1) is 27.6. The van der Waals surface area contributed by atoms with E-state index >= 15 is 0 Å². The van der Waals surface area contributed by atoms with E-state index in [2.05, 4.69) is 10.6 Å². The maximum Gasteiger partial charge on any atom is 0.336 e. The molecule has 0 radical (unpaired) electrons. The summed E-state index contributed by atoms with van der Waals surface area (Å²) in [5.74, 6) is -2.26. The first-order valence-corrected chi connectivity index (χ1v) is 17.3. The van der Waals surface area contributed by atoms with Crippen LogP contribution in [0.5, 0.6) is 23.0 Å². The number of hydrogen-bond donors (Lipinski definition) is 5. The predicted molar refractivity (Wildman–Crippen MR) is 213 cm³/mol. The van der Waals surface area contributed by atoms with Crippen LogP contribution in [0.4, 0.5) is 11.4 Å². The summed E-state index contributed by atoms with van der Waals surface area (Å²) >= 11 is 0. The van der Waals surface area contributed by atoms with Crippen LogP contribution >= 0.6 is 0 Å². The molecule has 0 atom stereocenters. The van der Waals surface area contributed by atoms with Gasteiger partial charge in [0.05, 0.1) is 22.3 Å². The summed E-state index contributed by atoms with van der Waals surface area (Å²) in [7, 11) is 0. The highest BCUT2D eigenvalue weighted by atomic mass is 16.5. The molecular weight excluding hydrogens is 728 g/mol. The molecule has 0 bridgehead atoms. The molecule has 6 aromatic carbocycles. The van der Waals surface area contributed by atoms with Crippen LogP contribution in [0.1, 0.15) is 52.6 Å². The van der Waals surface area contributed by atoms with Gasteiger partial charge in [0.2, 0.25) is 0 Å². The van der Waals surface area contributed by atoms with Gasteiger partial charge in [-0.3, -0.25) is 9.59 Å². The van der Waals surface area contributed by atoms with Gasteiger partial charge in [0.15, 0.2) is 0 Å². The average Bonchev–Trinajstić information content (AvgIpc) is 3.22. The number of ether oxygens (including phenoxy) is 3. The number of carbonyl (C=O) groups excluding carboxylic acids is 2. The van der Waals surface area contributed by atoms with Gasteiger partial charge in [-0.2, -0.15) is 0 Å². The smallest absolute Gasteiger partial charge is 0.336 e. The van der Waals surface area contributed by atoms with Crippen molar-refractivity contribution in [1.82, 2.24) is 0 Å². The van der Waals surface area contributed by atoms with Crippen LogP contribution in [0.25, 0.3) is 0 Å². The van der Waals surface area contributed by atoms with Gasteiger partial charge in [-0.05, 0) is 102 Å². The van der Waals surface area contributed by atoms with E-state index in [4.69, 9.17) is 25.7 Å². The number of carbonyl (C=O) groups is 4. The lowest BCUT2D eigenvalue weighted by molar-refractivity contribution is 0.0683. The molecule has 0 unspecified atom stereocenters. The van der Waals surface area contributed by atoms with Crippen molar-refractivity contribution in [2.75, 3.05) is 23.8 Å². The van der Waals surface area contributed by atoms with Crippen molar-refractivity contribution in [3.63, 3.8) is 0 Å². The number of terminal acetylenes is 1. The lowest BCUT2D eigenvalue weighted by atomic mass is 10.0. The number of rotatable bonds is 14. The normalized spacial score (nSPS) is 10.1. The van der Waals surface area contributed by atoms with Gasteiger partial charge in [-0.25, -0.2) is 9.59 Å². The number of para-hydroxylation sites is 2. The standard InChI is InChI=1S/C39H30N2O9.C6H6O/c1-2-48-30-16-18-32(38(44)45)34(23-30)36(42)40-27-12-8-25(9-13-27)22-26-10-14-28(15-11-26)41-37(43)35-24-31(17-19-33(35)39(46)47)50-21-20-49-29-6-4-3-5-7-29;7-6-4-2-1-3-5-6/h1,3-19,23-24H,20-22H2,(H,40,42)(H,41,43)(H,44,45)(H,46,47);1-5,7H. The van der Waals surface area contributed by atoms with Gasteiger partial charge in [-0.15, -0.1) is 0 Å². The van der Waals surface area contributed by atoms with Crippen LogP contribution in [0, 0.1) is 12.5 Å². The number of hydrogen-bond acceptors (Lipinski definition) is 8. The molecule has 0 aromatic heterocycles. The van der Waals surface area contributed by atoms with Gasteiger partial charge in [-0.1, -0.05) is 67.1 Å². The van der Waals surface area contributed by atoms with Gasteiger partial charge < -0.3 is 40.2 Å². The molecular formula is C45H36N2O10. The van der Waals surface area contributed by atoms with E-state index in [-0.39, 0.29) is 41.2 Å². The van der Waals surface area contributed by atoms with E-state index in [1.807, 2.05) is 66.8 Å². The van der Waals surface area contributed by atoms with E-state index in [1.165, 1.54) is 36.4 Å². The van der Waals surface area contributed by atoms with Crippen LogP contribution in [0.2, 0.25) is 0 Å². The highest BCUT2D eigenvalue weighted by Gasteiger charge is 2.20. The number of aromatic carboxylic acids is 2. The molecule has 0 spiro atoms. The fourth-order valence-electron chi connectivity index (χ4n) is 5.32. The van der Waals surface area contributed by atoms with Gasteiger partial charge in [0, 0.05) is 11.4 Å². The largest absolute Gasteiger partial charge is 0.508 e. The molecule has 0 saturated heterocycles. The summed E-state index contributed by atoms with van der Waals surface area (Å²) in [6.45, 7) is 0.445. The number of carboxylic acids is 2. The number of amides is 2. The predicted octanol–water partition coefficient (Wildman–Crippen LogP) is 8.00. The number of benzene rings is 6. The van der Waals surface area contributed by atoms with Crippen LogP contribution in [0.3, 0.4) is 0 Å². The van der Waals surface area contributed by atoms with Gasteiger partial charge in [0.1, 0.15) is 42.3 Å². The zero-order chi connectivity index (χ0) is 40.6. The summed E-state index contributed by atoms with van der Waals surface area (Å²) in [4.78, 5) is 49.5. The topological polar surface area (TPSA) is 181 Å². The van der Waals surface area contributed by atoms with Crippen molar-refractivity contribution in [3.05, 3.63) is 179 Å². The quantitative estimate of drug-likeness (QED) is 0.0539. The second-order valence-electron chi connectivity index (χ2n) is 12.1. The van der Waals surface area contributed by atoms with E-state index in [0.29, 0.717) is 35.0 Å². The van der Waals surface area contributed by atoms with Crippen LogP contribution in [-0.4, -0.2) is 52.3 Å². The monoisotopic (exact) mass is 764 g/mol. The van der Waals surface area contributed by atoms with E-state index in [0.717, 1.165) is 11.1 Å². The highest BCUT2D eigenvalue weighted by Crippen LogP contribution is 2.23. The molecule has 0 saturated carbocycles. The maximum atomic E-state index is 13.2. The zero-order valence-corrected chi connectivity index (χ0v) is 30.3. The van der Waals surface area contributed by atoms with Crippen molar-refractivity contribution in [3.8, 4) is 35.5 Å². The maximum absolute atomic E-state index is 13.2. The fraction of sp³-hybridized carbons (Fsp3) is 0.0667. The Kier molecular flexibility index (Phi) is 14.0. The molecule has 57 heavy (non-hydrogen) atoms. The summed E-state index contributed by atoms with van der Waals surface area (Å²) < 4.78 is 16.3. The first-order valence-electron chi connectivity index (χ1n) is 17.3. The Labute approximate surface area is 327 Å². The fourth-order valence-corrected chi connectivity index (χ4v) is 5.32. The van der Waals surface area contributed by atoms with Gasteiger partial charge in [0.25, 0.3) is 11.8 Å². The van der Waals surface area contributed by atoms with E-state index in [9.17, 15) is 29.4 Å². The second kappa shape index (κ2) is 19.9. The zero-order valence-electron chi connectivity index (χ0n) is 30.3. The number of carboxylic acid groups (broad SMARTS) is 2. The molecule has 0 aliphatic heterocycles. The molecule has 0 aliphatic carbocycles. The minimum Gasteiger partial charge on any atom is -0.508 e. The number of aromatic hydroxyl groups is 1. The molecule has 0 fully saturated rings. The van der Waals surface area contributed by atoms with E-state index in [1.54, 1.807) is 48.5 Å². The number of phenolic OH excluding ortho intramolecular Hbond substituents is 1. The Bertz CT molecular complexity index is 2360. The Morgan fingerprint density at radius 3 is 1.40 bits per heavy atom. The molecule has 0 aliphatic rings. The Balaban J connectivity index is 0.000000799. The average molecular weight is 765 g/mol. The van der Waals surface area contributed by atoms with Crippen LogP contribution in [0.15, 0.2) is 146 Å². The minimum absolute atomic E-state index is 0.0528. The lowest BCUT2D eigenvalue weighted by Gasteiger charge is -2.12. The number of nitrogens with one attached hydrogen (secondary N) is 2. The molecule has 2 amide bonds. The molecule has 0 heterocycles. The van der Waals surface area contributed by atoms with E-state index < -0.39 is 23.8 Å². The van der Waals surface area contributed by atoms with Crippen LogP contribution < -0.4 is 24.8 Å². The van der Waals surface area contributed by atoms with Crippen molar-refractivity contribution in [2.24, 2.45) is 0 Å². The Morgan fingerprint density at radius 1 is 0.526 bits per heavy atom. The molecule has 286 valence electrons. The van der Waals surface area contributed by atoms with Crippen molar-refractivity contribution in [1.29, 1.82) is 0 Å².